The van der Waals surface area contributed by atoms with E-state index in [1.165, 1.54) is 24.3 Å². The zero-order chi connectivity index (χ0) is 23.8. The van der Waals surface area contributed by atoms with Crippen molar-refractivity contribution in [2.24, 2.45) is 0 Å². The van der Waals surface area contributed by atoms with E-state index in [9.17, 15) is 22.0 Å². The minimum absolute atomic E-state index is 0.0821. The van der Waals surface area contributed by atoms with E-state index >= 15 is 0 Å². The number of benzene rings is 2. The van der Waals surface area contributed by atoms with E-state index in [1.54, 1.807) is 12.1 Å². The molecule has 1 heterocycles. The SMILES string of the molecule is C[C@@H](c1ccc(F)cc1)N1CCC[C@@H](Oc2cc(F)c(C(=O)NS(C)(=O)=O)cc2C2CC2)C1. The predicted octanol–water partition coefficient (Wildman–Crippen LogP) is 4.14. The molecule has 1 saturated heterocycles. The van der Waals surface area contributed by atoms with Gasteiger partial charge >= 0.3 is 0 Å². The third-order valence-corrected chi connectivity index (χ3v) is 6.80. The van der Waals surface area contributed by atoms with E-state index in [-0.39, 0.29) is 29.4 Å². The Morgan fingerprint density at radius 1 is 1.15 bits per heavy atom. The van der Waals surface area contributed by atoms with Crippen LogP contribution >= 0.6 is 0 Å². The fourth-order valence-corrected chi connectivity index (χ4v) is 4.78. The largest absolute Gasteiger partial charge is 0.489 e. The Hall–Kier alpha value is -2.52. The second-order valence-corrected chi connectivity index (χ2v) is 10.7. The van der Waals surface area contributed by atoms with Gasteiger partial charge in [-0.25, -0.2) is 21.9 Å². The van der Waals surface area contributed by atoms with Crippen molar-refractivity contribution in [1.82, 2.24) is 9.62 Å². The van der Waals surface area contributed by atoms with Gasteiger partial charge in [-0.3, -0.25) is 9.69 Å². The number of carbonyl (C=O) groups excluding carboxylic acids is 1. The second kappa shape index (κ2) is 9.38. The smallest absolute Gasteiger partial charge is 0.267 e. The molecule has 1 saturated carbocycles. The summed E-state index contributed by atoms with van der Waals surface area (Å²) in [4.78, 5) is 14.5. The van der Waals surface area contributed by atoms with Crippen molar-refractivity contribution in [2.75, 3.05) is 19.3 Å². The van der Waals surface area contributed by atoms with Crippen LogP contribution in [0.25, 0.3) is 0 Å². The number of nitrogens with zero attached hydrogens (tertiary/aromatic N) is 1. The number of amides is 1. The van der Waals surface area contributed by atoms with E-state index in [4.69, 9.17) is 4.74 Å². The van der Waals surface area contributed by atoms with Gasteiger partial charge < -0.3 is 4.74 Å². The van der Waals surface area contributed by atoms with Gasteiger partial charge in [0.05, 0.1) is 11.8 Å². The number of piperidine rings is 1. The number of hydrogen-bond acceptors (Lipinski definition) is 5. The molecule has 33 heavy (non-hydrogen) atoms. The Balaban J connectivity index is 1.51. The number of likely N-dealkylation sites (tertiary alicyclic amines) is 1. The van der Waals surface area contributed by atoms with Crippen LogP contribution in [0.2, 0.25) is 0 Å². The van der Waals surface area contributed by atoms with Crippen molar-refractivity contribution < 1.29 is 26.7 Å². The van der Waals surface area contributed by atoms with E-state index in [2.05, 4.69) is 11.8 Å². The molecule has 1 amide bonds. The Morgan fingerprint density at radius 2 is 1.85 bits per heavy atom. The Kier molecular flexibility index (Phi) is 6.72. The highest BCUT2D eigenvalue weighted by atomic mass is 32.2. The Labute approximate surface area is 193 Å². The molecule has 1 N–H and O–H groups in total. The topological polar surface area (TPSA) is 75.7 Å². The van der Waals surface area contributed by atoms with Gasteiger partial charge in [0.15, 0.2) is 0 Å². The number of nitrogens with one attached hydrogen (secondary N) is 1. The van der Waals surface area contributed by atoms with Gasteiger partial charge in [0.25, 0.3) is 5.91 Å². The summed E-state index contributed by atoms with van der Waals surface area (Å²) in [6, 6.07) is 9.18. The molecule has 4 rings (SSSR count). The predicted molar refractivity (Wildman–Crippen MR) is 121 cm³/mol. The number of ether oxygens (including phenoxy) is 1. The lowest BCUT2D eigenvalue weighted by atomic mass is 10.0. The first-order valence-corrected chi connectivity index (χ1v) is 13.0. The summed E-state index contributed by atoms with van der Waals surface area (Å²) in [6.07, 6.45) is 4.24. The fourth-order valence-electron chi connectivity index (χ4n) is 4.33. The van der Waals surface area contributed by atoms with Crippen molar-refractivity contribution in [3.63, 3.8) is 0 Å². The first-order chi connectivity index (χ1) is 15.6. The molecule has 6 nitrogen and oxygen atoms in total. The highest BCUT2D eigenvalue weighted by Crippen LogP contribution is 2.45. The standard InChI is InChI=1S/C24H28F2N2O4S/c1-15(16-7-9-18(25)10-8-16)28-11-3-4-19(14-28)32-23-13-22(26)21(12-20(23)17-5-6-17)24(29)27-33(2,30)31/h7-10,12-13,15,17,19H,3-6,11,14H2,1-2H3,(H,27,29)/t15-,19+/m0/s1. The van der Waals surface area contributed by atoms with Crippen molar-refractivity contribution >= 4 is 15.9 Å². The molecule has 9 heteroatoms. The number of hydrogen-bond donors (Lipinski definition) is 1. The molecule has 1 aliphatic carbocycles. The maximum Gasteiger partial charge on any atom is 0.267 e. The van der Waals surface area contributed by atoms with Gasteiger partial charge in [0.2, 0.25) is 10.0 Å². The fraction of sp³-hybridized carbons (Fsp3) is 0.458. The average Bonchev–Trinajstić information content (AvgIpc) is 3.58. The number of carbonyl (C=O) groups is 1. The van der Waals surface area contributed by atoms with Crippen molar-refractivity contribution in [3.05, 3.63) is 64.7 Å². The minimum Gasteiger partial charge on any atom is -0.489 e. The molecule has 2 aliphatic rings. The first kappa shape index (κ1) is 23.6. The molecule has 2 aromatic carbocycles. The zero-order valence-corrected chi connectivity index (χ0v) is 19.5. The van der Waals surface area contributed by atoms with Crippen molar-refractivity contribution in [3.8, 4) is 5.75 Å². The lowest BCUT2D eigenvalue weighted by Gasteiger charge is -2.37. The molecule has 0 unspecified atom stereocenters. The second-order valence-electron chi connectivity index (χ2n) is 8.95. The Morgan fingerprint density at radius 3 is 2.48 bits per heavy atom. The van der Waals surface area contributed by atoms with Crippen LogP contribution in [-0.4, -0.2) is 44.7 Å². The lowest BCUT2D eigenvalue weighted by molar-refractivity contribution is 0.0650. The quantitative estimate of drug-likeness (QED) is 0.648. The van der Waals surface area contributed by atoms with E-state index in [1.807, 2.05) is 4.72 Å². The summed E-state index contributed by atoms with van der Waals surface area (Å²) in [5.74, 6) is -1.49. The average molecular weight is 479 g/mol. The molecule has 178 valence electrons. The summed E-state index contributed by atoms with van der Waals surface area (Å²) < 4.78 is 58.9. The van der Waals surface area contributed by atoms with Crippen LogP contribution in [-0.2, 0) is 10.0 Å². The van der Waals surface area contributed by atoms with Crippen molar-refractivity contribution in [2.45, 2.75) is 50.7 Å². The number of rotatable bonds is 7. The number of halogens is 2. The van der Waals surface area contributed by atoms with Crippen LogP contribution in [0.4, 0.5) is 8.78 Å². The highest BCUT2D eigenvalue weighted by molar-refractivity contribution is 7.89. The monoisotopic (exact) mass is 478 g/mol. The highest BCUT2D eigenvalue weighted by Gasteiger charge is 2.32. The minimum atomic E-state index is -3.80. The van der Waals surface area contributed by atoms with Crippen LogP contribution in [0.1, 0.15) is 66.1 Å². The summed E-state index contributed by atoms with van der Waals surface area (Å²) in [5, 5.41) is 0. The molecular weight excluding hydrogens is 450 g/mol. The summed E-state index contributed by atoms with van der Waals surface area (Å²) >= 11 is 0. The molecule has 2 atom stereocenters. The van der Waals surface area contributed by atoms with Gasteiger partial charge in [0, 0.05) is 18.7 Å². The summed E-state index contributed by atoms with van der Waals surface area (Å²) in [6.45, 7) is 3.59. The molecule has 1 aliphatic heterocycles. The maximum absolute atomic E-state index is 14.8. The summed E-state index contributed by atoms with van der Waals surface area (Å²) in [7, 11) is -3.80. The normalized spacial score (nSPS) is 20.3. The molecule has 0 radical (unpaired) electrons. The molecular formula is C24H28F2N2O4S. The lowest BCUT2D eigenvalue weighted by Crippen LogP contribution is -2.42. The van der Waals surface area contributed by atoms with E-state index in [0.29, 0.717) is 12.3 Å². The Bertz CT molecular complexity index is 1130. The molecule has 0 aromatic heterocycles. The van der Waals surface area contributed by atoms with Crippen LogP contribution in [0.15, 0.2) is 36.4 Å². The van der Waals surface area contributed by atoms with Gasteiger partial charge in [-0.15, -0.1) is 0 Å². The molecule has 0 bridgehead atoms. The van der Waals surface area contributed by atoms with Crippen LogP contribution in [0, 0.1) is 11.6 Å². The van der Waals surface area contributed by atoms with Gasteiger partial charge in [-0.2, -0.15) is 0 Å². The van der Waals surface area contributed by atoms with E-state index < -0.39 is 21.7 Å². The molecule has 0 spiro atoms. The zero-order valence-electron chi connectivity index (χ0n) is 18.7. The third-order valence-electron chi connectivity index (χ3n) is 6.24. The first-order valence-electron chi connectivity index (χ1n) is 11.1. The molecule has 2 fully saturated rings. The van der Waals surface area contributed by atoms with Crippen LogP contribution < -0.4 is 9.46 Å². The van der Waals surface area contributed by atoms with Gasteiger partial charge in [-0.05, 0) is 74.4 Å². The van der Waals surface area contributed by atoms with Crippen LogP contribution in [0.3, 0.4) is 0 Å². The van der Waals surface area contributed by atoms with Crippen LogP contribution in [0.5, 0.6) is 5.75 Å². The van der Waals surface area contributed by atoms with Crippen molar-refractivity contribution in [1.29, 1.82) is 0 Å². The number of sulfonamides is 1. The maximum atomic E-state index is 14.8. The van der Waals surface area contributed by atoms with E-state index in [0.717, 1.165) is 49.6 Å². The molecule has 2 aromatic rings. The van der Waals surface area contributed by atoms with Gasteiger partial charge in [-0.1, -0.05) is 12.1 Å². The van der Waals surface area contributed by atoms with Gasteiger partial charge in [0.1, 0.15) is 23.5 Å². The summed E-state index contributed by atoms with van der Waals surface area (Å²) in [5.41, 5.74) is 1.45. The third kappa shape index (κ3) is 5.89.